The van der Waals surface area contributed by atoms with Crippen LogP contribution in [-0.2, 0) is 23.6 Å². The Labute approximate surface area is 224 Å². The standard InChI is InChI=1S/C29H33N3O5S/c1-21(2)19-32(38(33,34)26-16-14-23(35-4)15-17-26)20-27-28(22-10-7-6-8-11-22)30-31(3)29(27)37-25-13-9-12-24(18-25)36-5/h6-18,21H,19-20H2,1-5H3. The van der Waals surface area contributed by atoms with Crippen LogP contribution in [-0.4, -0.2) is 43.3 Å². The van der Waals surface area contributed by atoms with Crippen LogP contribution in [0.25, 0.3) is 11.3 Å². The monoisotopic (exact) mass is 535 g/mol. The predicted octanol–water partition coefficient (Wildman–Crippen LogP) is 5.74. The summed E-state index contributed by atoms with van der Waals surface area (Å²) in [5.41, 5.74) is 2.19. The normalized spacial score (nSPS) is 11.7. The Bertz CT molecular complexity index is 1470. The molecule has 0 bridgehead atoms. The summed E-state index contributed by atoms with van der Waals surface area (Å²) in [4.78, 5) is 0.194. The molecule has 0 aliphatic rings. The van der Waals surface area contributed by atoms with E-state index < -0.39 is 10.0 Å². The lowest BCUT2D eigenvalue weighted by Crippen LogP contribution is -2.34. The topological polar surface area (TPSA) is 82.9 Å². The van der Waals surface area contributed by atoms with Gasteiger partial charge < -0.3 is 14.2 Å². The second kappa shape index (κ2) is 11.7. The van der Waals surface area contributed by atoms with Gasteiger partial charge >= 0.3 is 0 Å². The summed E-state index contributed by atoms with van der Waals surface area (Å²) in [5.74, 6) is 2.34. The number of aryl methyl sites for hydroxylation is 1. The van der Waals surface area contributed by atoms with E-state index in [2.05, 4.69) is 0 Å². The fourth-order valence-electron chi connectivity index (χ4n) is 4.15. The zero-order valence-electron chi connectivity index (χ0n) is 22.3. The fraction of sp³-hybridized carbons (Fsp3) is 0.276. The van der Waals surface area contributed by atoms with Gasteiger partial charge in [-0.1, -0.05) is 50.2 Å². The van der Waals surface area contributed by atoms with Crippen molar-refractivity contribution in [2.24, 2.45) is 13.0 Å². The second-order valence-electron chi connectivity index (χ2n) is 9.27. The molecule has 1 heterocycles. The first-order valence-electron chi connectivity index (χ1n) is 12.3. The van der Waals surface area contributed by atoms with E-state index in [0.29, 0.717) is 40.9 Å². The molecule has 0 amide bonds. The number of ether oxygens (including phenoxy) is 3. The highest BCUT2D eigenvalue weighted by Gasteiger charge is 2.30. The molecule has 8 nitrogen and oxygen atoms in total. The van der Waals surface area contributed by atoms with E-state index in [9.17, 15) is 8.42 Å². The van der Waals surface area contributed by atoms with Crippen LogP contribution in [0.4, 0.5) is 0 Å². The van der Waals surface area contributed by atoms with Gasteiger partial charge in [0.1, 0.15) is 22.9 Å². The van der Waals surface area contributed by atoms with Crippen LogP contribution in [0.2, 0.25) is 0 Å². The van der Waals surface area contributed by atoms with E-state index in [1.165, 1.54) is 4.31 Å². The lowest BCUT2D eigenvalue weighted by atomic mass is 10.1. The molecule has 0 aliphatic carbocycles. The van der Waals surface area contributed by atoms with Crippen molar-refractivity contribution in [3.63, 3.8) is 0 Å². The highest BCUT2D eigenvalue weighted by molar-refractivity contribution is 7.89. The van der Waals surface area contributed by atoms with E-state index in [4.69, 9.17) is 19.3 Å². The van der Waals surface area contributed by atoms with Gasteiger partial charge in [0.15, 0.2) is 0 Å². The highest BCUT2D eigenvalue weighted by atomic mass is 32.2. The minimum absolute atomic E-state index is 0.0733. The van der Waals surface area contributed by atoms with Gasteiger partial charge in [-0.15, -0.1) is 0 Å². The zero-order valence-corrected chi connectivity index (χ0v) is 23.1. The van der Waals surface area contributed by atoms with Crippen LogP contribution in [0.3, 0.4) is 0 Å². The molecule has 9 heteroatoms. The van der Waals surface area contributed by atoms with Crippen molar-refractivity contribution in [1.82, 2.24) is 14.1 Å². The molecule has 0 saturated heterocycles. The maximum atomic E-state index is 13.9. The molecule has 3 aromatic carbocycles. The van der Waals surface area contributed by atoms with Crippen molar-refractivity contribution in [2.75, 3.05) is 20.8 Å². The van der Waals surface area contributed by atoms with Gasteiger partial charge in [0.2, 0.25) is 15.9 Å². The number of hydrogen-bond acceptors (Lipinski definition) is 6. The van der Waals surface area contributed by atoms with Crippen LogP contribution in [0.15, 0.2) is 83.8 Å². The third-order valence-electron chi connectivity index (χ3n) is 5.99. The van der Waals surface area contributed by atoms with E-state index in [1.54, 1.807) is 56.3 Å². The Balaban J connectivity index is 1.82. The molecule has 4 aromatic rings. The van der Waals surface area contributed by atoms with E-state index in [1.807, 2.05) is 62.4 Å². The van der Waals surface area contributed by atoms with Crippen LogP contribution < -0.4 is 14.2 Å². The number of rotatable bonds is 11. The maximum absolute atomic E-state index is 13.9. The van der Waals surface area contributed by atoms with Crippen molar-refractivity contribution >= 4 is 10.0 Å². The Morgan fingerprint density at radius 3 is 2.16 bits per heavy atom. The number of aromatic nitrogens is 2. The minimum atomic E-state index is -3.84. The molecule has 0 N–H and O–H groups in total. The van der Waals surface area contributed by atoms with Crippen molar-refractivity contribution < 1.29 is 22.6 Å². The zero-order chi connectivity index (χ0) is 27.3. The van der Waals surface area contributed by atoms with Crippen LogP contribution in [0.1, 0.15) is 19.4 Å². The van der Waals surface area contributed by atoms with Gasteiger partial charge in [-0.3, -0.25) is 0 Å². The Kier molecular flexibility index (Phi) is 8.38. The summed E-state index contributed by atoms with van der Waals surface area (Å²) in [6.45, 7) is 4.37. The molecule has 0 radical (unpaired) electrons. The molecular weight excluding hydrogens is 502 g/mol. The largest absolute Gasteiger partial charge is 0.497 e. The van der Waals surface area contributed by atoms with Crippen molar-refractivity contribution in [2.45, 2.75) is 25.3 Å². The first-order chi connectivity index (χ1) is 18.2. The first kappa shape index (κ1) is 27.2. The summed E-state index contributed by atoms with van der Waals surface area (Å²) >= 11 is 0. The summed E-state index contributed by atoms with van der Waals surface area (Å²) in [5, 5.41) is 4.75. The van der Waals surface area contributed by atoms with E-state index >= 15 is 0 Å². The van der Waals surface area contributed by atoms with Gasteiger partial charge in [-0.2, -0.15) is 9.40 Å². The summed E-state index contributed by atoms with van der Waals surface area (Å²) in [6.07, 6.45) is 0. The molecule has 0 saturated carbocycles. The summed E-state index contributed by atoms with van der Waals surface area (Å²) in [6, 6.07) is 23.4. The predicted molar refractivity (Wildman–Crippen MR) is 147 cm³/mol. The molecule has 0 spiro atoms. The van der Waals surface area contributed by atoms with Gasteiger partial charge in [0, 0.05) is 31.8 Å². The van der Waals surface area contributed by atoms with Gasteiger partial charge in [-0.05, 0) is 42.3 Å². The van der Waals surface area contributed by atoms with E-state index in [0.717, 1.165) is 5.56 Å². The molecule has 0 aliphatic heterocycles. The first-order valence-corrected chi connectivity index (χ1v) is 13.7. The molecule has 38 heavy (non-hydrogen) atoms. The third-order valence-corrected chi connectivity index (χ3v) is 7.82. The fourth-order valence-corrected chi connectivity index (χ4v) is 5.73. The Hall–Kier alpha value is -3.82. The minimum Gasteiger partial charge on any atom is -0.497 e. The number of hydrogen-bond donors (Lipinski definition) is 0. The average Bonchev–Trinajstić information content (AvgIpc) is 3.23. The molecule has 4 rings (SSSR count). The summed E-state index contributed by atoms with van der Waals surface area (Å²) in [7, 11) is 1.08. The molecular formula is C29H33N3O5S. The molecule has 0 unspecified atom stereocenters. The van der Waals surface area contributed by atoms with Gasteiger partial charge in [0.05, 0.1) is 24.7 Å². The Morgan fingerprint density at radius 2 is 1.53 bits per heavy atom. The third kappa shape index (κ3) is 6.00. The molecule has 200 valence electrons. The number of methoxy groups -OCH3 is 2. The van der Waals surface area contributed by atoms with Gasteiger partial charge in [-0.25, -0.2) is 13.1 Å². The quantitative estimate of drug-likeness (QED) is 0.243. The molecule has 1 aromatic heterocycles. The molecule has 0 atom stereocenters. The highest BCUT2D eigenvalue weighted by Crippen LogP contribution is 2.36. The Morgan fingerprint density at radius 1 is 0.868 bits per heavy atom. The van der Waals surface area contributed by atoms with Gasteiger partial charge in [0.25, 0.3) is 0 Å². The van der Waals surface area contributed by atoms with Crippen LogP contribution in [0.5, 0.6) is 23.1 Å². The summed E-state index contributed by atoms with van der Waals surface area (Å²) < 4.78 is 47.8. The van der Waals surface area contributed by atoms with Crippen molar-refractivity contribution in [1.29, 1.82) is 0 Å². The maximum Gasteiger partial charge on any atom is 0.243 e. The van der Waals surface area contributed by atoms with Crippen molar-refractivity contribution in [3.8, 4) is 34.4 Å². The average molecular weight is 536 g/mol. The molecule has 0 fully saturated rings. The lowest BCUT2D eigenvalue weighted by molar-refractivity contribution is 0.352. The second-order valence-corrected chi connectivity index (χ2v) is 11.2. The van der Waals surface area contributed by atoms with Crippen LogP contribution >= 0.6 is 0 Å². The smallest absolute Gasteiger partial charge is 0.243 e. The number of benzene rings is 3. The van der Waals surface area contributed by atoms with E-state index in [-0.39, 0.29) is 17.4 Å². The SMILES string of the molecule is COc1ccc(S(=O)(=O)N(Cc2c(-c3ccccc3)nn(C)c2Oc2cccc(OC)c2)CC(C)C)cc1. The number of sulfonamides is 1. The van der Waals surface area contributed by atoms with Crippen molar-refractivity contribution in [3.05, 3.63) is 84.4 Å². The van der Waals surface area contributed by atoms with Crippen LogP contribution in [0, 0.1) is 5.92 Å². The number of nitrogens with zero attached hydrogens (tertiary/aromatic N) is 3. The lowest BCUT2D eigenvalue weighted by Gasteiger charge is -2.24.